The fraction of sp³-hybridized carbons (Fsp3) is 0.205. The van der Waals surface area contributed by atoms with Gasteiger partial charge in [-0.25, -0.2) is 4.98 Å². The van der Waals surface area contributed by atoms with E-state index >= 15 is 0 Å². The number of benzene rings is 5. The summed E-state index contributed by atoms with van der Waals surface area (Å²) in [6, 6.07) is 38.8. The van der Waals surface area contributed by atoms with Gasteiger partial charge in [0, 0.05) is 53.8 Å². The van der Waals surface area contributed by atoms with Crippen LogP contribution in [0.15, 0.2) is 128 Å². The van der Waals surface area contributed by atoms with Crippen LogP contribution in [0.2, 0.25) is 0 Å². The highest BCUT2D eigenvalue weighted by Gasteiger charge is 2.15. The number of anilines is 1. The van der Waals surface area contributed by atoms with Gasteiger partial charge >= 0.3 is 0 Å². The number of aromatic nitrogens is 2. The number of rotatable bonds is 12. The second-order valence-corrected chi connectivity index (χ2v) is 13.7. The Morgan fingerprint density at radius 1 is 0.873 bits per heavy atom. The Kier molecular flexibility index (Phi) is 14.7. The van der Waals surface area contributed by atoms with Crippen LogP contribution < -0.4 is 10.6 Å². The maximum Gasteiger partial charge on any atom is 0.269 e. The van der Waals surface area contributed by atoms with Crippen LogP contribution >= 0.6 is 28.3 Å². The first-order chi connectivity index (χ1) is 26.3. The first kappa shape index (κ1) is 40.8. The molecular formula is C44H43BrClN5O4. The van der Waals surface area contributed by atoms with Gasteiger partial charge in [0.25, 0.3) is 5.69 Å². The quantitative estimate of drug-likeness (QED) is 0.0549. The number of carbonyl (C=O) groups excluding carboxylic acids is 2. The first-order valence-corrected chi connectivity index (χ1v) is 19.2. The lowest BCUT2D eigenvalue weighted by Gasteiger charge is -2.18. The van der Waals surface area contributed by atoms with E-state index in [1.807, 2.05) is 54.6 Å². The Balaban J connectivity index is 0.000000354. The number of imidazole rings is 1. The normalized spacial score (nSPS) is 11.7. The molecule has 7 rings (SSSR count). The van der Waals surface area contributed by atoms with Crippen molar-refractivity contribution in [2.75, 3.05) is 17.2 Å². The van der Waals surface area contributed by atoms with E-state index in [0.717, 1.165) is 78.4 Å². The summed E-state index contributed by atoms with van der Waals surface area (Å²) in [5.41, 5.74) is 10.5. The predicted molar refractivity (Wildman–Crippen MR) is 226 cm³/mol. The fourth-order valence-corrected chi connectivity index (χ4v) is 6.64. The van der Waals surface area contributed by atoms with Crippen LogP contribution in [0.25, 0.3) is 28.1 Å². The van der Waals surface area contributed by atoms with Crippen LogP contribution in [0.3, 0.4) is 0 Å². The lowest BCUT2D eigenvalue weighted by molar-refractivity contribution is -0.384. The van der Waals surface area contributed by atoms with E-state index in [2.05, 4.69) is 86.7 Å². The van der Waals surface area contributed by atoms with Crippen molar-refractivity contribution in [2.45, 2.75) is 45.6 Å². The molecule has 5 aromatic carbocycles. The third-order valence-electron chi connectivity index (χ3n) is 9.30. The van der Waals surface area contributed by atoms with Crippen molar-refractivity contribution in [2.24, 2.45) is 0 Å². The molecule has 1 aliphatic heterocycles. The molecule has 1 amide bonds. The maximum absolute atomic E-state index is 12.8. The van der Waals surface area contributed by atoms with Gasteiger partial charge in [0.05, 0.1) is 22.4 Å². The minimum absolute atomic E-state index is 0. The smallest absolute Gasteiger partial charge is 0.269 e. The van der Waals surface area contributed by atoms with Gasteiger partial charge in [-0.1, -0.05) is 102 Å². The number of amides is 1. The van der Waals surface area contributed by atoms with Gasteiger partial charge in [-0.3, -0.25) is 19.7 Å². The number of unbranched alkanes of at least 4 members (excludes halogenated alkanes) is 1. The van der Waals surface area contributed by atoms with Gasteiger partial charge in [0.15, 0.2) is 5.78 Å². The predicted octanol–water partition coefficient (Wildman–Crippen LogP) is 9.97. The molecule has 0 radical (unpaired) electrons. The molecule has 0 saturated carbocycles. The fourth-order valence-electron chi connectivity index (χ4n) is 6.32. The van der Waals surface area contributed by atoms with Gasteiger partial charge in [-0.15, -0.1) is 12.4 Å². The average Bonchev–Trinajstić information content (AvgIpc) is 3.65. The van der Waals surface area contributed by atoms with E-state index in [1.54, 1.807) is 0 Å². The number of hydrogen-bond acceptors (Lipinski definition) is 6. The lowest BCUT2D eigenvalue weighted by atomic mass is 10.0. The van der Waals surface area contributed by atoms with Gasteiger partial charge < -0.3 is 15.2 Å². The number of aryl methyl sites for hydroxylation is 1. The minimum Gasteiger partial charge on any atom is -0.326 e. The third-order valence-corrected chi connectivity index (χ3v) is 9.81. The second kappa shape index (κ2) is 19.8. The molecular weight excluding hydrogens is 778 g/mol. The number of non-ortho nitro benzene ring substituents is 1. The molecule has 1 aromatic heterocycles. The molecule has 0 aliphatic carbocycles. The van der Waals surface area contributed by atoms with Gasteiger partial charge in [0.1, 0.15) is 5.82 Å². The third kappa shape index (κ3) is 10.8. The summed E-state index contributed by atoms with van der Waals surface area (Å²) in [7, 11) is 0. The highest BCUT2D eigenvalue weighted by molar-refractivity contribution is 9.09. The minimum atomic E-state index is -0.498. The van der Waals surface area contributed by atoms with Gasteiger partial charge in [-0.05, 0) is 83.6 Å². The maximum atomic E-state index is 12.8. The van der Waals surface area contributed by atoms with E-state index in [-0.39, 0.29) is 35.1 Å². The summed E-state index contributed by atoms with van der Waals surface area (Å²) < 4.78 is 2.25. The molecule has 55 heavy (non-hydrogen) atoms. The number of nitro groups is 1. The molecule has 9 nitrogen and oxygen atoms in total. The molecule has 2 N–H and O–H groups in total. The molecule has 0 spiro atoms. The zero-order valence-electron chi connectivity index (χ0n) is 30.5. The molecule has 0 atom stereocenters. The van der Waals surface area contributed by atoms with E-state index < -0.39 is 4.92 Å². The number of carbonyl (C=O) groups is 2. The number of halogens is 2. The molecule has 0 bridgehead atoms. The number of fused-ring (bicyclic) bond motifs is 1. The molecule has 6 aromatic rings. The molecule has 2 heterocycles. The topological polar surface area (TPSA) is 119 Å². The lowest BCUT2D eigenvalue weighted by Crippen LogP contribution is -2.23. The number of nitrogens with one attached hydrogen (secondary N) is 2. The van der Waals surface area contributed by atoms with Crippen molar-refractivity contribution < 1.29 is 14.5 Å². The summed E-state index contributed by atoms with van der Waals surface area (Å²) >= 11 is 3.02. The number of alkyl halides is 1. The number of nitro benzene ring substituents is 1. The number of ketones is 1. The van der Waals surface area contributed by atoms with Crippen molar-refractivity contribution in [3.8, 4) is 28.1 Å². The van der Waals surface area contributed by atoms with Crippen LogP contribution in [0, 0.1) is 10.1 Å². The standard InChI is InChI=1S/C36H36N4O.C8H6BrNO3.ClH/c1-2-3-9-35-39-34(25-40(35)33-19-16-29-20-21-37-24-31(29)23-33)30-14-17-32(18-15-30)38-36(41)22-26-10-12-28(13-11-26)27-7-5-4-6-8-27;9-5-8(11)6-1-3-7(4-2-6)10(12)13;/h4-8,10-19,23,25,37H,2-3,9,20-22,24H2,1H3,(H,38,41);1-4H,5H2;1H. The summed E-state index contributed by atoms with van der Waals surface area (Å²) in [6.07, 6.45) is 6.72. The molecule has 0 unspecified atom stereocenters. The zero-order chi connectivity index (χ0) is 37.9. The van der Waals surface area contributed by atoms with Gasteiger partial charge in [-0.2, -0.15) is 0 Å². The Morgan fingerprint density at radius 3 is 2.24 bits per heavy atom. The van der Waals surface area contributed by atoms with Crippen molar-refractivity contribution in [3.05, 3.63) is 166 Å². The number of nitrogens with zero attached hydrogens (tertiary/aromatic N) is 3. The summed E-state index contributed by atoms with van der Waals surface area (Å²) in [6.45, 7) is 4.17. The van der Waals surface area contributed by atoms with E-state index in [1.165, 1.54) is 41.0 Å². The first-order valence-electron chi connectivity index (χ1n) is 18.1. The molecule has 0 saturated heterocycles. The highest BCUT2D eigenvalue weighted by atomic mass is 79.9. The van der Waals surface area contributed by atoms with Crippen LogP contribution in [0.4, 0.5) is 11.4 Å². The number of Topliss-reactive ketones (excluding diaryl/α,β-unsaturated/α-hetero) is 1. The molecule has 282 valence electrons. The molecule has 0 fully saturated rings. The van der Waals surface area contributed by atoms with E-state index in [4.69, 9.17) is 4.98 Å². The molecule has 1 aliphatic rings. The largest absolute Gasteiger partial charge is 0.326 e. The van der Waals surface area contributed by atoms with Crippen LogP contribution in [0.5, 0.6) is 0 Å². The monoisotopic (exact) mass is 819 g/mol. The van der Waals surface area contributed by atoms with E-state index in [0.29, 0.717) is 12.0 Å². The van der Waals surface area contributed by atoms with Crippen LogP contribution in [-0.2, 0) is 30.6 Å². The summed E-state index contributed by atoms with van der Waals surface area (Å²) in [5.74, 6) is 0.967. The van der Waals surface area contributed by atoms with Gasteiger partial charge in [0.2, 0.25) is 5.91 Å². The Labute approximate surface area is 335 Å². The SMILES string of the molecule is CCCCc1nc(-c2ccc(NC(=O)Cc3ccc(-c4ccccc4)cc3)cc2)cn1-c1ccc2c(c1)CNCC2.Cl.O=C(CBr)c1ccc([N+](=O)[O-])cc1. The van der Waals surface area contributed by atoms with Crippen LogP contribution in [0.1, 0.15) is 52.6 Å². The van der Waals surface area contributed by atoms with Crippen molar-refractivity contribution in [3.63, 3.8) is 0 Å². The summed E-state index contributed by atoms with van der Waals surface area (Å²) in [5, 5.41) is 17.0. The Hall–Kier alpha value is -5.42. The van der Waals surface area contributed by atoms with Crippen molar-refractivity contribution >= 4 is 51.4 Å². The van der Waals surface area contributed by atoms with E-state index in [9.17, 15) is 19.7 Å². The van der Waals surface area contributed by atoms with Crippen LogP contribution in [-0.4, -0.2) is 38.0 Å². The second-order valence-electron chi connectivity index (χ2n) is 13.1. The Bertz CT molecular complexity index is 2210. The average molecular weight is 821 g/mol. The summed E-state index contributed by atoms with van der Waals surface area (Å²) in [4.78, 5) is 38.7. The Morgan fingerprint density at radius 2 is 1.56 bits per heavy atom. The van der Waals surface area contributed by atoms with Crippen molar-refractivity contribution in [1.82, 2.24) is 14.9 Å². The molecule has 11 heteroatoms. The van der Waals surface area contributed by atoms with Crippen molar-refractivity contribution in [1.29, 1.82) is 0 Å². The zero-order valence-corrected chi connectivity index (χ0v) is 32.9. The highest BCUT2D eigenvalue weighted by Crippen LogP contribution is 2.27. The number of hydrogen-bond donors (Lipinski definition) is 2.